The summed E-state index contributed by atoms with van der Waals surface area (Å²) < 4.78 is 11.6. The molecule has 0 fully saturated rings. The van der Waals surface area contributed by atoms with Gasteiger partial charge in [-0.2, -0.15) is 0 Å². The highest BCUT2D eigenvalue weighted by Crippen LogP contribution is 2.34. The van der Waals surface area contributed by atoms with Gasteiger partial charge < -0.3 is 24.5 Å². The summed E-state index contributed by atoms with van der Waals surface area (Å²) >= 11 is 1.07. The van der Waals surface area contributed by atoms with Gasteiger partial charge in [-0.3, -0.25) is 9.59 Å². The summed E-state index contributed by atoms with van der Waals surface area (Å²) in [5, 5.41) is 12.4. The summed E-state index contributed by atoms with van der Waals surface area (Å²) in [6, 6.07) is 2.64. The maximum atomic E-state index is 12.8. The van der Waals surface area contributed by atoms with Gasteiger partial charge >= 0.3 is 5.97 Å². The largest absolute Gasteiger partial charge is 0.493 e. The van der Waals surface area contributed by atoms with Crippen LogP contribution in [0.5, 0.6) is 11.5 Å². The van der Waals surface area contributed by atoms with Crippen LogP contribution in [0.25, 0.3) is 10.2 Å². The van der Waals surface area contributed by atoms with E-state index >= 15 is 0 Å². The van der Waals surface area contributed by atoms with E-state index < -0.39 is 11.9 Å². The summed E-state index contributed by atoms with van der Waals surface area (Å²) in [7, 11) is 4.37. The lowest BCUT2D eigenvalue weighted by molar-refractivity contribution is 0.0697. The summed E-state index contributed by atoms with van der Waals surface area (Å²) in [4.78, 5) is 41.7. The van der Waals surface area contributed by atoms with E-state index in [1.165, 1.54) is 37.2 Å². The molecule has 0 unspecified atom stereocenters. The lowest BCUT2D eigenvalue weighted by Gasteiger charge is -2.13. The summed E-state index contributed by atoms with van der Waals surface area (Å²) in [6.45, 7) is 1.66. The lowest BCUT2D eigenvalue weighted by atomic mass is 10.1. The van der Waals surface area contributed by atoms with Crippen LogP contribution >= 0.6 is 11.3 Å². The molecule has 3 aromatic rings. The van der Waals surface area contributed by atoms with E-state index in [0.717, 1.165) is 11.3 Å². The van der Waals surface area contributed by atoms with Crippen molar-refractivity contribution >= 4 is 39.1 Å². The van der Waals surface area contributed by atoms with Crippen molar-refractivity contribution in [1.29, 1.82) is 0 Å². The maximum Gasteiger partial charge on any atom is 0.337 e. The molecule has 1 aromatic carbocycles. The first kappa shape index (κ1) is 19.4. The number of amides is 1. The molecule has 0 spiro atoms. The molecule has 146 valence electrons. The van der Waals surface area contributed by atoms with Crippen molar-refractivity contribution in [3.63, 3.8) is 0 Å². The number of nitrogens with one attached hydrogen (secondary N) is 1. The van der Waals surface area contributed by atoms with Gasteiger partial charge in [-0.1, -0.05) is 0 Å². The van der Waals surface area contributed by atoms with Crippen LogP contribution in [0.3, 0.4) is 0 Å². The number of carboxylic acid groups (broad SMARTS) is 1. The normalized spacial score (nSPS) is 10.7. The Bertz CT molecular complexity index is 1160. The van der Waals surface area contributed by atoms with Gasteiger partial charge in [0.2, 0.25) is 0 Å². The molecule has 0 atom stereocenters. The zero-order valence-electron chi connectivity index (χ0n) is 15.5. The van der Waals surface area contributed by atoms with Crippen LogP contribution in [0.15, 0.2) is 23.3 Å². The molecule has 2 heterocycles. The van der Waals surface area contributed by atoms with E-state index in [-0.39, 0.29) is 33.2 Å². The Hall–Kier alpha value is -3.40. The average Bonchev–Trinajstić information content (AvgIpc) is 3.01. The number of benzene rings is 1. The molecule has 28 heavy (non-hydrogen) atoms. The molecule has 0 saturated carbocycles. The standard InChI is InChI=1S/C18H17N3O6S/c1-8-13-16(19-7-21(2)17(13)23)28-14(8)15(22)20-10-6-12(27-4)11(26-3)5-9(10)18(24)25/h5-7H,1-4H3,(H,20,22)(H,24,25). The van der Waals surface area contributed by atoms with Crippen LogP contribution < -0.4 is 20.3 Å². The topological polar surface area (TPSA) is 120 Å². The number of fused-ring (bicyclic) bond motifs is 1. The summed E-state index contributed by atoms with van der Waals surface area (Å²) in [5.41, 5.74) is 0.130. The Morgan fingerprint density at radius 1 is 1.21 bits per heavy atom. The Morgan fingerprint density at radius 2 is 1.86 bits per heavy atom. The predicted octanol–water partition coefficient (Wildman–Crippen LogP) is 2.27. The predicted molar refractivity (Wildman–Crippen MR) is 104 cm³/mol. The zero-order valence-corrected chi connectivity index (χ0v) is 16.3. The van der Waals surface area contributed by atoms with Crippen molar-refractivity contribution in [1.82, 2.24) is 9.55 Å². The third-order valence-corrected chi connectivity index (χ3v) is 5.42. The van der Waals surface area contributed by atoms with Crippen molar-refractivity contribution in [2.24, 2.45) is 7.05 Å². The number of thiophene rings is 1. The molecule has 0 saturated heterocycles. The molecular weight excluding hydrogens is 386 g/mol. The molecule has 0 bridgehead atoms. The van der Waals surface area contributed by atoms with Gasteiger partial charge in [0.25, 0.3) is 11.5 Å². The van der Waals surface area contributed by atoms with Gasteiger partial charge in [0.15, 0.2) is 11.5 Å². The van der Waals surface area contributed by atoms with E-state index in [1.807, 2.05) is 0 Å². The van der Waals surface area contributed by atoms with Gasteiger partial charge in [0, 0.05) is 19.2 Å². The Kier molecular flexibility index (Phi) is 5.06. The van der Waals surface area contributed by atoms with E-state index in [9.17, 15) is 19.5 Å². The first-order chi connectivity index (χ1) is 13.3. The number of carbonyl (C=O) groups is 2. The van der Waals surface area contributed by atoms with Crippen LogP contribution in [0.2, 0.25) is 0 Å². The highest BCUT2D eigenvalue weighted by atomic mass is 32.1. The minimum Gasteiger partial charge on any atom is -0.493 e. The van der Waals surface area contributed by atoms with E-state index in [1.54, 1.807) is 14.0 Å². The number of anilines is 1. The van der Waals surface area contributed by atoms with Crippen molar-refractivity contribution in [3.8, 4) is 11.5 Å². The maximum absolute atomic E-state index is 12.8. The number of carbonyl (C=O) groups excluding carboxylic acids is 1. The van der Waals surface area contributed by atoms with Crippen LogP contribution in [-0.2, 0) is 7.05 Å². The monoisotopic (exact) mass is 403 g/mol. The number of aromatic carboxylic acids is 1. The van der Waals surface area contributed by atoms with E-state index in [4.69, 9.17) is 9.47 Å². The molecule has 0 radical (unpaired) electrons. The fourth-order valence-corrected chi connectivity index (χ4v) is 3.80. The van der Waals surface area contributed by atoms with Crippen LogP contribution in [0, 0.1) is 6.92 Å². The molecule has 0 aliphatic rings. The number of methoxy groups -OCH3 is 2. The second kappa shape index (κ2) is 7.31. The minimum atomic E-state index is -1.24. The van der Waals surface area contributed by atoms with Gasteiger partial charge in [-0.05, 0) is 12.5 Å². The molecule has 0 aliphatic carbocycles. The van der Waals surface area contributed by atoms with Crippen LogP contribution in [0.4, 0.5) is 5.69 Å². The van der Waals surface area contributed by atoms with Gasteiger partial charge in [-0.25, -0.2) is 9.78 Å². The number of hydrogen-bond acceptors (Lipinski definition) is 7. The fourth-order valence-electron chi connectivity index (χ4n) is 2.76. The highest BCUT2D eigenvalue weighted by Gasteiger charge is 2.22. The second-order valence-corrected chi connectivity index (χ2v) is 6.91. The Labute approximate surface area is 163 Å². The highest BCUT2D eigenvalue weighted by molar-refractivity contribution is 7.20. The lowest BCUT2D eigenvalue weighted by Crippen LogP contribution is -2.17. The molecule has 2 aromatic heterocycles. The number of aromatic nitrogens is 2. The Balaban J connectivity index is 2.07. The first-order valence-corrected chi connectivity index (χ1v) is 8.85. The number of aryl methyl sites for hydroxylation is 2. The fraction of sp³-hybridized carbons (Fsp3) is 0.222. The molecular formula is C18H17N3O6S. The van der Waals surface area contributed by atoms with Crippen molar-refractivity contribution < 1.29 is 24.2 Å². The second-order valence-electron chi connectivity index (χ2n) is 5.91. The van der Waals surface area contributed by atoms with Gasteiger partial charge in [0.1, 0.15) is 4.83 Å². The van der Waals surface area contributed by atoms with E-state index in [0.29, 0.717) is 15.8 Å². The van der Waals surface area contributed by atoms with Crippen molar-refractivity contribution in [3.05, 3.63) is 44.8 Å². The quantitative estimate of drug-likeness (QED) is 0.670. The SMILES string of the molecule is COc1cc(NC(=O)c2sc3ncn(C)c(=O)c3c2C)c(C(=O)O)cc1OC. The van der Waals surface area contributed by atoms with Crippen molar-refractivity contribution in [2.75, 3.05) is 19.5 Å². The number of ether oxygens (including phenoxy) is 2. The molecule has 3 rings (SSSR count). The molecule has 1 amide bonds. The number of nitrogens with zero attached hydrogens (tertiary/aromatic N) is 2. The van der Waals surface area contributed by atoms with Crippen LogP contribution in [0.1, 0.15) is 25.6 Å². The average molecular weight is 403 g/mol. The van der Waals surface area contributed by atoms with Gasteiger partial charge in [-0.15, -0.1) is 11.3 Å². The van der Waals surface area contributed by atoms with Crippen LogP contribution in [-0.4, -0.2) is 40.8 Å². The summed E-state index contributed by atoms with van der Waals surface area (Å²) in [6.07, 6.45) is 1.39. The smallest absolute Gasteiger partial charge is 0.337 e. The number of hydrogen-bond donors (Lipinski definition) is 2. The van der Waals surface area contributed by atoms with E-state index in [2.05, 4.69) is 10.3 Å². The number of carboxylic acids is 1. The third kappa shape index (κ3) is 3.18. The van der Waals surface area contributed by atoms with Gasteiger partial charge in [0.05, 0.1) is 42.1 Å². The summed E-state index contributed by atoms with van der Waals surface area (Å²) in [5.74, 6) is -1.29. The molecule has 2 N–H and O–H groups in total. The third-order valence-electron chi connectivity index (χ3n) is 4.22. The zero-order chi connectivity index (χ0) is 20.6. The molecule has 0 aliphatic heterocycles. The first-order valence-electron chi connectivity index (χ1n) is 8.03. The Morgan fingerprint density at radius 3 is 2.46 bits per heavy atom. The number of rotatable bonds is 5. The minimum absolute atomic E-state index is 0.0490. The molecule has 9 nitrogen and oxygen atoms in total. The van der Waals surface area contributed by atoms with Crippen molar-refractivity contribution in [2.45, 2.75) is 6.92 Å². The molecule has 10 heteroatoms.